The van der Waals surface area contributed by atoms with E-state index >= 15 is 0 Å². The van der Waals surface area contributed by atoms with Crippen molar-refractivity contribution in [3.8, 4) is 0 Å². The minimum absolute atomic E-state index is 0.0780. The molecule has 0 atom stereocenters. The van der Waals surface area contributed by atoms with Crippen LogP contribution in [-0.2, 0) is 21.3 Å². The van der Waals surface area contributed by atoms with Gasteiger partial charge in [0.05, 0.1) is 17.6 Å². The standard InChI is InChI=1S/C19H23NO4S/c1-13(2)16-9-6-15(7-10-16)12-20-25(22,23)18-11-17(19(21)24-4)8-5-14(18)3/h5-11,13,20H,12H2,1-4H3. The number of rotatable bonds is 6. The molecule has 6 heteroatoms. The molecule has 2 rings (SSSR count). The molecule has 25 heavy (non-hydrogen) atoms. The van der Waals surface area contributed by atoms with Crippen molar-refractivity contribution in [2.45, 2.75) is 38.1 Å². The molecule has 0 unspecified atom stereocenters. The van der Waals surface area contributed by atoms with Crippen LogP contribution in [0.15, 0.2) is 47.4 Å². The number of sulfonamides is 1. The number of carbonyl (C=O) groups excluding carboxylic acids is 1. The first-order chi connectivity index (χ1) is 11.7. The van der Waals surface area contributed by atoms with E-state index in [1.165, 1.54) is 18.7 Å². The van der Waals surface area contributed by atoms with Gasteiger partial charge in [0, 0.05) is 6.54 Å². The number of hydrogen-bond acceptors (Lipinski definition) is 4. The van der Waals surface area contributed by atoms with Crippen molar-refractivity contribution in [1.29, 1.82) is 0 Å². The van der Waals surface area contributed by atoms with Crippen LogP contribution in [0.2, 0.25) is 0 Å². The van der Waals surface area contributed by atoms with Crippen LogP contribution in [0.3, 0.4) is 0 Å². The molecule has 0 aliphatic heterocycles. The largest absolute Gasteiger partial charge is 0.465 e. The molecule has 0 aliphatic rings. The Morgan fingerprint density at radius 1 is 1.12 bits per heavy atom. The fraction of sp³-hybridized carbons (Fsp3) is 0.316. The average molecular weight is 361 g/mol. The van der Waals surface area contributed by atoms with E-state index in [1.54, 1.807) is 19.1 Å². The molecular weight excluding hydrogens is 338 g/mol. The van der Waals surface area contributed by atoms with Crippen LogP contribution in [0.1, 0.15) is 46.8 Å². The van der Waals surface area contributed by atoms with E-state index in [4.69, 9.17) is 0 Å². The molecule has 0 fully saturated rings. The van der Waals surface area contributed by atoms with Crippen LogP contribution in [-0.4, -0.2) is 21.5 Å². The molecule has 0 saturated carbocycles. The van der Waals surface area contributed by atoms with Crippen LogP contribution in [0.4, 0.5) is 0 Å². The molecule has 0 radical (unpaired) electrons. The van der Waals surface area contributed by atoms with Crippen molar-refractivity contribution < 1.29 is 17.9 Å². The third-order valence-corrected chi connectivity index (χ3v) is 5.55. The van der Waals surface area contributed by atoms with E-state index in [2.05, 4.69) is 23.3 Å². The number of aryl methyl sites for hydroxylation is 1. The van der Waals surface area contributed by atoms with Crippen molar-refractivity contribution in [3.05, 3.63) is 64.7 Å². The Balaban J connectivity index is 2.20. The SMILES string of the molecule is COC(=O)c1ccc(C)c(S(=O)(=O)NCc2ccc(C(C)C)cc2)c1. The van der Waals surface area contributed by atoms with Crippen molar-refractivity contribution in [1.82, 2.24) is 4.72 Å². The van der Waals surface area contributed by atoms with Crippen molar-refractivity contribution in [3.63, 3.8) is 0 Å². The summed E-state index contributed by atoms with van der Waals surface area (Å²) >= 11 is 0. The number of carbonyl (C=O) groups is 1. The summed E-state index contributed by atoms with van der Waals surface area (Å²) in [5.74, 6) is -0.143. The number of esters is 1. The van der Waals surface area contributed by atoms with Crippen LogP contribution < -0.4 is 4.72 Å². The normalized spacial score (nSPS) is 11.6. The predicted molar refractivity (Wildman–Crippen MR) is 97.1 cm³/mol. The minimum Gasteiger partial charge on any atom is -0.465 e. The molecule has 0 heterocycles. The van der Waals surface area contributed by atoms with Gasteiger partial charge in [-0.25, -0.2) is 17.9 Å². The second-order valence-corrected chi connectivity index (χ2v) is 7.93. The molecule has 0 bridgehead atoms. The first-order valence-corrected chi connectivity index (χ1v) is 9.50. The maximum Gasteiger partial charge on any atom is 0.337 e. The summed E-state index contributed by atoms with van der Waals surface area (Å²) in [6, 6.07) is 12.3. The third-order valence-electron chi connectivity index (χ3n) is 4.01. The number of ether oxygens (including phenoxy) is 1. The van der Waals surface area contributed by atoms with E-state index < -0.39 is 16.0 Å². The van der Waals surface area contributed by atoms with Gasteiger partial charge in [-0.1, -0.05) is 44.2 Å². The fourth-order valence-corrected chi connectivity index (χ4v) is 3.70. The van der Waals surface area contributed by atoms with Gasteiger partial charge in [-0.05, 0) is 41.7 Å². The molecule has 0 amide bonds. The number of methoxy groups -OCH3 is 1. The van der Waals surface area contributed by atoms with Crippen LogP contribution in [0, 0.1) is 6.92 Å². The number of benzene rings is 2. The Hall–Kier alpha value is -2.18. The zero-order valence-corrected chi connectivity index (χ0v) is 15.7. The summed E-state index contributed by atoms with van der Waals surface area (Å²) < 4.78 is 32.4. The molecule has 5 nitrogen and oxygen atoms in total. The van der Waals surface area contributed by atoms with Crippen molar-refractivity contribution in [2.75, 3.05) is 7.11 Å². The van der Waals surface area contributed by atoms with E-state index in [0.29, 0.717) is 11.5 Å². The molecule has 2 aromatic rings. The summed E-state index contributed by atoms with van der Waals surface area (Å²) in [5, 5.41) is 0. The summed E-state index contributed by atoms with van der Waals surface area (Å²) in [4.78, 5) is 11.7. The lowest BCUT2D eigenvalue weighted by atomic mass is 10.0. The Morgan fingerprint density at radius 2 is 1.76 bits per heavy atom. The average Bonchev–Trinajstić information content (AvgIpc) is 2.60. The molecule has 134 valence electrons. The zero-order chi connectivity index (χ0) is 18.6. The summed E-state index contributed by atoms with van der Waals surface area (Å²) in [5.41, 5.74) is 2.84. The van der Waals surface area contributed by atoms with Gasteiger partial charge < -0.3 is 4.74 Å². The van der Waals surface area contributed by atoms with Gasteiger partial charge in [0.25, 0.3) is 0 Å². The zero-order valence-electron chi connectivity index (χ0n) is 14.9. The van der Waals surface area contributed by atoms with Crippen LogP contribution >= 0.6 is 0 Å². The molecule has 0 aliphatic carbocycles. The minimum atomic E-state index is -3.74. The topological polar surface area (TPSA) is 72.5 Å². The molecule has 2 aromatic carbocycles. The van der Waals surface area contributed by atoms with Gasteiger partial charge in [0.2, 0.25) is 10.0 Å². The molecular formula is C19H23NO4S. The Labute approximate surface area is 149 Å². The van der Waals surface area contributed by atoms with Gasteiger partial charge in [0.15, 0.2) is 0 Å². The van der Waals surface area contributed by atoms with Crippen molar-refractivity contribution in [2.24, 2.45) is 0 Å². The summed E-state index contributed by atoms with van der Waals surface area (Å²) in [6.07, 6.45) is 0. The lowest BCUT2D eigenvalue weighted by Crippen LogP contribution is -2.24. The first-order valence-electron chi connectivity index (χ1n) is 8.02. The second-order valence-electron chi connectivity index (χ2n) is 6.19. The Bertz CT molecular complexity index is 855. The summed E-state index contributed by atoms with van der Waals surface area (Å²) in [6.45, 7) is 6.08. The smallest absolute Gasteiger partial charge is 0.337 e. The van der Waals surface area contributed by atoms with Crippen molar-refractivity contribution >= 4 is 16.0 Å². The van der Waals surface area contributed by atoms with Gasteiger partial charge >= 0.3 is 5.97 Å². The molecule has 1 N–H and O–H groups in total. The predicted octanol–water partition coefficient (Wildman–Crippen LogP) is 3.38. The van der Waals surface area contributed by atoms with Crippen LogP contribution in [0.25, 0.3) is 0 Å². The Morgan fingerprint density at radius 3 is 2.32 bits per heavy atom. The van der Waals surface area contributed by atoms with Gasteiger partial charge in [0.1, 0.15) is 0 Å². The number of hydrogen-bond donors (Lipinski definition) is 1. The number of nitrogens with one attached hydrogen (secondary N) is 1. The highest BCUT2D eigenvalue weighted by Gasteiger charge is 2.19. The van der Waals surface area contributed by atoms with E-state index in [1.807, 2.05) is 24.3 Å². The summed E-state index contributed by atoms with van der Waals surface area (Å²) in [7, 11) is -2.48. The second kappa shape index (κ2) is 7.80. The highest BCUT2D eigenvalue weighted by atomic mass is 32.2. The maximum absolute atomic E-state index is 12.6. The van der Waals surface area contributed by atoms with Gasteiger partial charge in [-0.3, -0.25) is 0 Å². The molecule has 0 saturated heterocycles. The molecule has 0 spiro atoms. The quantitative estimate of drug-likeness (QED) is 0.801. The monoisotopic (exact) mass is 361 g/mol. The highest BCUT2D eigenvalue weighted by Crippen LogP contribution is 2.19. The molecule has 0 aromatic heterocycles. The lowest BCUT2D eigenvalue weighted by molar-refractivity contribution is 0.0600. The maximum atomic E-state index is 12.6. The van der Waals surface area contributed by atoms with E-state index in [9.17, 15) is 13.2 Å². The van der Waals surface area contributed by atoms with Gasteiger partial charge in [-0.15, -0.1) is 0 Å². The van der Waals surface area contributed by atoms with E-state index in [0.717, 1.165) is 5.56 Å². The first kappa shape index (κ1) is 19.1. The van der Waals surface area contributed by atoms with E-state index in [-0.39, 0.29) is 17.0 Å². The lowest BCUT2D eigenvalue weighted by Gasteiger charge is -2.11. The van der Waals surface area contributed by atoms with Gasteiger partial charge in [-0.2, -0.15) is 0 Å². The highest BCUT2D eigenvalue weighted by molar-refractivity contribution is 7.89. The Kier molecular flexibility index (Phi) is 5.98. The third kappa shape index (κ3) is 4.67. The van der Waals surface area contributed by atoms with Crippen LogP contribution in [0.5, 0.6) is 0 Å². The fourth-order valence-electron chi connectivity index (χ4n) is 2.41.